The Morgan fingerprint density at radius 3 is 2.26 bits per heavy atom. The molecule has 1 unspecified atom stereocenters. The molecule has 1 aromatic heterocycles. The highest BCUT2D eigenvalue weighted by Crippen LogP contribution is 2.25. The first kappa shape index (κ1) is 20.6. The number of anilines is 1. The van der Waals surface area contributed by atoms with Crippen molar-refractivity contribution in [3.63, 3.8) is 0 Å². The first-order valence-electron chi connectivity index (χ1n) is 9.49. The number of nitrogens with two attached hydrogens (primary N) is 1. The van der Waals surface area contributed by atoms with Crippen LogP contribution in [0.1, 0.15) is 17.4 Å². The second-order valence-corrected chi connectivity index (χ2v) is 8.59. The first-order chi connectivity index (χ1) is 14.8. The van der Waals surface area contributed by atoms with Gasteiger partial charge in [0.2, 0.25) is 10.0 Å². The number of hydrogen-bond donors (Lipinski definition) is 3. The number of hydrogen-bond acceptors (Lipinski definition) is 4. The number of nitrogens with zero attached hydrogens (tertiary/aromatic N) is 2. The third kappa shape index (κ3) is 4.42. The Kier molecular flexibility index (Phi) is 5.45. The molecule has 31 heavy (non-hydrogen) atoms. The maximum atomic E-state index is 12.8. The number of rotatable bonds is 5. The van der Waals surface area contributed by atoms with E-state index in [0.29, 0.717) is 11.5 Å². The van der Waals surface area contributed by atoms with Gasteiger partial charge in [0.25, 0.3) is 0 Å². The predicted octanol–water partition coefficient (Wildman–Crippen LogP) is 3.13. The van der Waals surface area contributed by atoms with Crippen molar-refractivity contribution in [2.24, 2.45) is 12.2 Å². The van der Waals surface area contributed by atoms with Crippen LogP contribution in [0.2, 0.25) is 0 Å². The largest absolute Gasteiger partial charge is 0.329 e. The molecule has 0 bridgehead atoms. The summed E-state index contributed by atoms with van der Waals surface area (Å²) in [5.41, 5.74) is 3.10. The molecule has 4 N–H and O–H groups in total. The third-order valence-electron chi connectivity index (χ3n) is 4.93. The summed E-state index contributed by atoms with van der Waals surface area (Å²) >= 11 is 0. The zero-order valence-corrected chi connectivity index (χ0v) is 17.5. The van der Waals surface area contributed by atoms with E-state index in [2.05, 4.69) is 10.6 Å². The summed E-state index contributed by atoms with van der Waals surface area (Å²) in [6.45, 7) is 0. The van der Waals surface area contributed by atoms with Gasteiger partial charge in [-0.05, 0) is 42.0 Å². The lowest BCUT2D eigenvalue weighted by Crippen LogP contribution is -2.34. The van der Waals surface area contributed by atoms with E-state index in [1.165, 1.54) is 24.3 Å². The summed E-state index contributed by atoms with van der Waals surface area (Å²) < 4.78 is 24.8. The molecule has 9 heteroatoms. The van der Waals surface area contributed by atoms with Crippen LogP contribution >= 0.6 is 0 Å². The van der Waals surface area contributed by atoms with E-state index < -0.39 is 22.1 Å². The molecule has 0 saturated carbocycles. The van der Waals surface area contributed by atoms with Crippen LogP contribution < -0.4 is 15.8 Å². The minimum Gasteiger partial charge on any atom is -0.329 e. The van der Waals surface area contributed by atoms with Crippen molar-refractivity contribution in [1.29, 1.82) is 0 Å². The van der Waals surface area contributed by atoms with Gasteiger partial charge >= 0.3 is 6.03 Å². The van der Waals surface area contributed by atoms with Gasteiger partial charge in [0.1, 0.15) is 11.9 Å². The number of nitrogens with one attached hydrogen (secondary N) is 2. The lowest BCUT2D eigenvalue weighted by Gasteiger charge is -2.19. The number of carbonyl (C=O) groups is 1. The Balaban J connectivity index is 1.62. The molecule has 1 atom stereocenters. The molecular weight excluding hydrogens is 414 g/mol. The van der Waals surface area contributed by atoms with Gasteiger partial charge in [-0.15, -0.1) is 0 Å². The van der Waals surface area contributed by atoms with Crippen LogP contribution in [-0.4, -0.2) is 24.0 Å². The topological polar surface area (TPSA) is 119 Å². The van der Waals surface area contributed by atoms with Crippen molar-refractivity contribution in [3.05, 3.63) is 90.3 Å². The van der Waals surface area contributed by atoms with Crippen LogP contribution in [0.3, 0.4) is 0 Å². The summed E-state index contributed by atoms with van der Waals surface area (Å²) in [7, 11) is -1.89. The minimum atomic E-state index is -3.80. The Morgan fingerprint density at radius 2 is 1.61 bits per heavy atom. The monoisotopic (exact) mass is 435 g/mol. The maximum absolute atomic E-state index is 12.8. The second-order valence-electron chi connectivity index (χ2n) is 7.03. The molecule has 4 aromatic rings. The number of primary sulfonamides is 1. The van der Waals surface area contributed by atoms with Gasteiger partial charge in [-0.3, -0.25) is 0 Å². The number of urea groups is 1. The van der Waals surface area contributed by atoms with E-state index in [1.54, 1.807) is 0 Å². The minimum absolute atomic E-state index is 0.0275. The number of sulfonamides is 1. The molecule has 0 spiro atoms. The fourth-order valence-electron chi connectivity index (χ4n) is 3.39. The van der Waals surface area contributed by atoms with Gasteiger partial charge in [-0.25, -0.2) is 23.3 Å². The van der Waals surface area contributed by atoms with Crippen LogP contribution in [0.5, 0.6) is 0 Å². The molecule has 0 fully saturated rings. The van der Waals surface area contributed by atoms with Gasteiger partial charge < -0.3 is 15.2 Å². The van der Waals surface area contributed by atoms with Crippen molar-refractivity contribution in [1.82, 2.24) is 14.9 Å². The molecule has 2 amide bonds. The highest BCUT2D eigenvalue weighted by molar-refractivity contribution is 7.89. The fraction of sp³-hybridized carbons (Fsp3) is 0.0909. The molecule has 8 nitrogen and oxygen atoms in total. The first-order valence-corrected chi connectivity index (χ1v) is 11.0. The highest BCUT2D eigenvalue weighted by Gasteiger charge is 2.22. The number of imidazole rings is 1. The number of benzene rings is 3. The highest BCUT2D eigenvalue weighted by atomic mass is 32.2. The summed E-state index contributed by atoms with van der Waals surface area (Å²) in [5, 5.41) is 10.8. The maximum Gasteiger partial charge on any atom is 0.320 e. The van der Waals surface area contributed by atoms with Crippen LogP contribution in [0.25, 0.3) is 11.0 Å². The van der Waals surface area contributed by atoms with E-state index >= 15 is 0 Å². The molecule has 158 valence electrons. The molecule has 3 aromatic carbocycles. The summed E-state index contributed by atoms with van der Waals surface area (Å²) in [6.07, 6.45) is 0. The Morgan fingerprint density at radius 1 is 0.968 bits per heavy atom. The zero-order chi connectivity index (χ0) is 22.0. The van der Waals surface area contributed by atoms with Crippen molar-refractivity contribution in [2.45, 2.75) is 10.9 Å². The quantitative estimate of drug-likeness (QED) is 0.446. The number of aromatic nitrogens is 2. The lowest BCUT2D eigenvalue weighted by atomic mass is 10.1. The van der Waals surface area contributed by atoms with Gasteiger partial charge in [-0.2, -0.15) is 0 Å². The molecule has 0 aliphatic carbocycles. The molecular formula is C22H21N5O3S. The van der Waals surface area contributed by atoms with E-state index in [1.807, 2.05) is 66.2 Å². The molecule has 0 radical (unpaired) electrons. The summed E-state index contributed by atoms with van der Waals surface area (Å²) in [5.74, 6) is 0.687. The van der Waals surface area contributed by atoms with Crippen LogP contribution in [-0.2, 0) is 17.1 Å². The molecule has 0 aliphatic rings. The van der Waals surface area contributed by atoms with Crippen LogP contribution in [0.4, 0.5) is 10.5 Å². The molecule has 0 aliphatic heterocycles. The Hall–Kier alpha value is -3.69. The Labute approximate surface area is 179 Å². The van der Waals surface area contributed by atoms with Crippen molar-refractivity contribution in [2.75, 3.05) is 5.32 Å². The second kappa shape index (κ2) is 8.21. The molecule has 0 saturated heterocycles. The number of carbonyl (C=O) groups excluding carboxylic acids is 1. The average molecular weight is 436 g/mol. The summed E-state index contributed by atoms with van der Waals surface area (Å²) in [4.78, 5) is 17.5. The zero-order valence-electron chi connectivity index (χ0n) is 16.7. The number of fused-ring (bicyclic) bond motifs is 1. The van der Waals surface area contributed by atoms with Gasteiger partial charge in [-0.1, -0.05) is 42.5 Å². The van der Waals surface area contributed by atoms with Gasteiger partial charge in [0.05, 0.1) is 15.9 Å². The fourth-order valence-corrected chi connectivity index (χ4v) is 3.91. The van der Waals surface area contributed by atoms with Crippen molar-refractivity contribution >= 4 is 32.8 Å². The van der Waals surface area contributed by atoms with Crippen LogP contribution in [0, 0.1) is 0 Å². The smallest absolute Gasteiger partial charge is 0.320 e. The predicted molar refractivity (Wildman–Crippen MR) is 119 cm³/mol. The number of para-hydroxylation sites is 2. The standard InChI is InChI=1S/C22H21N5O3S/c1-27-19-10-6-5-9-18(19)25-21(27)20(15-7-3-2-4-8-15)26-22(28)24-16-11-13-17(14-12-16)31(23,29)30/h2-14,20H,1H3,(H2,23,29,30)(H2,24,26,28). The third-order valence-corrected chi connectivity index (χ3v) is 5.86. The van der Waals surface area contributed by atoms with E-state index in [-0.39, 0.29) is 4.90 Å². The normalized spacial score (nSPS) is 12.5. The van der Waals surface area contributed by atoms with Gasteiger partial charge in [0.15, 0.2) is 0 Å². The number of amides is 2. The average Bonchev–Trinajstić information content (AvgIpc) is 3.09. The number of aryl methyl sites for hydroxylation is 1. The molecule has 4 rings (SSSR count). The Bertz CT molecular complexity index is 1330. The van der Waals surface area contributed by atoms with E-state index in [0.717, 1.165) is 16.6 Å². The van der Waals surface area contributed by atoms with E-state index in [9.17, 15) is 13.2 Å². The lowest BCUT2D eigenvalue weighted by molar-refractivity contribution is 0.249. The van der Waals surface area contributed by atoms with Gasteiger partial charge in [0, 0.05) is 12.7 Å². The summed E-state index contributed by atoms with van der Waals surface area (Å²) in [6, 6.07) is 22.0. The SMILES string of the molecule is Cn1c(C(NC(=O)Nc2ccc(S(N)(=O)=O)cc2)c2ccccc2)nc2ccccc21. The van der Waals surface area contributed by atoms with E-state index in [4.69, 9.17) is 10.1 Å². The van der Waals surface area contributed by atoms with Crippen LogP contribution in [0.15, 0.2) is 83.8 Å². The molecule has 1 heterocycles. The van der Waals surface area contributed by atoms with Crippen molar-refractivity contribution < 1.29 is 13.2 Å². The van der Waals surface area contributed by atoms with Crippen molar-refractivity contribution in [3.8, 4) is 0 Å².